The molecule has 0 bridgehead atoms. The zero-order chi connectivity index (χ0) is 5.91. The lowest BCUT2D eigenvalue weighted by Gasteiger charge is -2.21. The quantitative estimate of drug-likeness (QED) is 0.503. The van der Waals surface area contributed by atoms with E-state index < -0.39 is 0 Å². The maximum atomic E-state index is 5.17. The van der Waals surface area contributed by atoms with Gasteiger partial charge in [0.2, 0.25) is 0 Å². The average Bonchev–Trinajstić information content (AvgIpc) is 1.68. The Hall–Kier alpha value is 0.0249. The molecule has 0 aliphatic heterocycles. The number of nitrogens with one attached hydrogen (secondary N) is 1. The van der Waals surface area contributed by atoms with Crippen LogP contribution in [0.2, 0.25) is 0 Å². The SMILES string of the molecule is [B]NC(C)(C)CC. The van der Waals surface area contributed by atoms with Crippen LogP contribution in [0.3, 0.4) is 0 Å². The summed E-state index contributed by atoms with van der Waals surface area (Å²) >= 11 is 0. The minimum Gasteiger partial charge on any atom is -0.362 e. The first-order chi connectivity index (χ1) is 3.12. The van der Waals surface area contributed by atoms with Gasteiger partial charge in [-0.25, -0.2) is 0 Å². The molecule has 2 heteroatoms. The Kier molecular flexibility index (Phi) is 2.37. The summed E-state index contributed by atoms with van der Waals surface area (Å²) in [7, 11) is 5.17. The second-order valence-electron chi connectivity index (χ2n) is 2.38. The van der Waals surface area contributed by atoms with Crippen LogP contribution in [0.4, 0.5) is 0 Å². The molecule has 0 aromatic rings. The Bertz CT molecular complexity index is 46.0. The van der Waals surface area contributed by atoms with Crippen molar-refractivity contribution in [1.29, 1.82) is 0 Å². The van der Waals surface area contributed by atoms with E-state index in [1.165, 1.54) is 0 Å². The molecule has 0 aromatic heterocycles. The first-order valence-electron chi connectivity index (χ1n) is 2.60. The highest BCUT2D eigenvalue weighted by molar-refractivity contribution is 6.04. The fourth-order valence-electron chi connectivity index (χ4n) is 0.102. The lowest BCUT2D eigenvalue weighted by atomic mass is 10.00. The van der Waals surface area contributed by atoms with Crippen molar-refractivity contribution in [3.05, 3.63) is 0 Å². The van der Waals surface area contributed by atoms with Crippen LogP contribution in [-0.4, -0.2) is 13.5 Å². The van der Waals surface area contributed by atoms with Gasteiger partial charge in [0.1, 0.15) is 0 Å². The molecule has 1 nitrogen and oxygen atoms in total. The van der Waals surface area contributed by atoms with E-state index in [1.807, 2.05) is 0 Å². The topological polar surface area (TPSA) is 12.0 Å². The van der Waals surface area contributed by atoms with Crippen molar-refractivity contribution in [2.45, 2.75) is 32.7 Å². The van der Waals surface area contributed by atoms with Crippen molar-refractivity contribution in [3.63, 3.8) is 0 Å². The van der Waals surface area contributed by atoms with E-state index in [-0.39, 0.29) is 5.54 Å². The second kappa shape index (κ2) is 2.36. The molecule has 0 saturated carbocycles. The van der Waals surface area contributed by atoms with E-state index in [9.17, 15) is 0 Å². The molecule has 0 aromatic carbocycles. The van der Waals surface area contributed by atoms with Gasteiger partial charge < -0.3 is 5.23 Å². The molecule has 0 fully saturated rings. The van der Waals surface area contributed by atoms with Crippen molar-refractivity contribution < 1.29 is 0 Å². The zero-order valence-corrected chi connectivity index (χ0v) is 5.28. The summed E-state index contributed by atoms with van der Waals surface area (Å²) in [4.78, 5) is 0. The Morgan fingerprint density at radius 3 is 2.00 bits per heavy atom. The van der Waals surface area contributed by atoms with Crippen LogP contribution in [0.25, 0.3) is 0 Å². The maximum Gasteiger partial charge on any atom is 0.178 e. The van der Waals surface area contributed by atoms with Crippen molar-refractivity contribution >= 4 is 7.98 Å². The Morgan fingerprint density at radius 2 is 2.00 bits per heavy atom. The van der Waals surface area contributed by atoms with E-state index in [0.717, 1.165) is 6.42 Å². The van der Waals surface area contributed by atoms with E-state index >= 15 is 0 Å². The van der Waals surface area contributed by atoms with Gasteiger partial charge in [0.25, 0.3) is 0 Å². The molecular weight excluding hydrogens is 84.9 g/mol. The van der Waals surface area contributed by atoms with Crippen LogP contribution in [-0.2, 0) is 0 Å². The first-order valence-corrected chi connectivity index (χ1v) is 2.60. The summed E-state index contributed by atoms with van der Waals surface area (Å²) in [5, 5.41) is 2.69. The van der Waals surface area contributed by atoms with Crippen LogP contribution in [0.5, 0.6) is 0 Å². The van der Waals surface area contributed by atoms with Gasteiger partial charge in [-0.1, -0.05) is 6.92 Å². The van der Waals surface area contributed by atoms with Crippen molar-refractivity contribution in [1.82, 2.24) is 5.23 Å². The third kappa shape index (κ3) is 2.69. The molecule has 0 heterocycles. The summed E-state index contributed by atoms with van der Waals surface area (Å²) in [5.41, 5.74) is 0.111. The highest BCUT2D eigenvalue weighted by atomic mass is 14.8. The van der Waals surface area contributed by atoms with Gasteiger partial charge >= 0.3 is 0 Å². The van der Waals surface area contributed by atoms with Gasteiger partial charge in [0, 0.05) is 5.54 Å². The summed E-state index contributed by atoms with van der Waals surface area (Å²) in [6.07, 6.45) is 1.06. The number of hydrogen-bond acceptors (Lipinski definition) is 1. The molecule has 7 heavy (non-hydrogen) atoms. The molecule has 2 radical (unpaired) electrons. The molecule has 0 spiro atoms. The summed E-state index contributed by atoms with van der Waals surface area (Å²) in [6, 6.07) is 0. The summed E-state index contributed by atoms with van der Waals surface area (Å²) in [6.45, 7) is 6.22. The fourth-order valence-corrected chi connectivity index (χ4v) is 0.102. The summed E-state index contributed by atoms with van der Waals surface area (Å²) < 4.78 is 0. The van der Waals surface area contributed by atoms with Gasteiger partial charge in [0.15, 0.2) is 7.98 Å². The molecule has 40 valence electrons. The molecule has 1 N–H and O–H groups in total. The van der Waals surface area contributed by atoms with E-state index in [2.05, 4.69) is 26.0 Å². The first kappa shape index (κ1) is 7.02. The molecule has 0 unspecified atom stereocenters. The molecule has 0 aliphatic carbocycles. The predicted molar refractivity (Wildman–Crippen MR) is 33.3 cm³/mol. The molecular formula is C5H12BN. The second-order valence-corrected chi connectivity index (χ2v) is 2.38. The van der Waals surface area contributed by atoms with Crippen molar-refractivity contribution in [2.24, 2.45) is 0 Å². The van der Waals surface area contributed by atoms with E-state index in [1.54, 1.807) is 0 Å². The average molecular weight is 97.0 g/mol. The van der Waals surface area contributed by atoms with Gasteiger partial charge in [-0.15, -0.1) is 0 Å². The third-order valence-corrected chi connectivity index (χ3v) is 1.27. The highest BCUT2D eigenvalue weighted by Gasteiger charge is 2.08. The van der Waals surface area contributed by atoms with Crippen LogP contribution in [0, 0.1) is 0 Å². The Morgan fingerprint density at radius 1 is 1.57 bits per heavy atom. The van der Waals surface area contributed by atoms with Gasteiger partial charge in [-0.2, -0.15) is 0 Å². The number of hydrogen-bond donors (Lipinski definition) is 1. The van der Waals surface area contributed by atoms with E-state index in [0.29, 0.717) is 0 Å². The lowest BCUT2D eigenvalue weighted by Crippen LogP contribution is -2.36. The number of rotatable bonds is 2. The van der Waals surface area contributed by atoms with E-state index in [4.69, 9.17) is 7.98 Å². The molecule has 0 atom stereocenters. The predicted octanol–water partition coefficient (Wildman–Crippen LogP) is 0.848. The van der Waals surface area contributed by atoms with Crippen LogP contribution in [0.15, 0.2) is 0 Å². The van der Waals surface area contributed by atoms with Crippen LogP contribution in [0.1, 0.15) is 27.2 Å². The summed E-state index contributed by atoms with van der Waals surface area (Å²) in [5.74, 6) is 0. The van der Waals surface area contributed by atoms with Crippen LogP contribution >= 0.6 is 0 Å². The maximum absolute atomic E-state index is 5.17. The highest BCUT2D eigenvalue weighted by Crippen LogP contribution is 2.03. The van der Waals surface area contributed by atoms with Gasteiger partial charge in [0.05, 0.1) is 0 Å². The third-order valence-electron chi connectivity index (χ3n) is 1.27. The van der Waals surface area contributed by atoms with Crippen molar-refractivity contribution in [2.75, 3.05) is 0 Å². The Labute approximate surface area is 46.9 Å². The molecule has 0 aliphatic rings. The molecule has 0 rings (SSSR count). The zero-order valence-electron chi connectivity index (χ0n) is 5.28. The minimum atomic E-state index is 0.111. The monoisotopic (exact) mass is 97.1 g/mol. The Balaban J connectivity index is 3.36. The smallest absolute Gasteiger partial charge is 0.178 e. The fraction of sp³-hybridized carbons (Fsp3) is 1.00. The minimum absolute atomic E-state index is 0.111. The molecule has 0 amide bonds. The molecule has 0 saturated heterocycles. The normalized spacial score (nSPS) is 11.9. The lowest BCUT2D eigenvalue weighted by molar-refractivity contribution is 0.458. The van der Waals surface area contributed by atoms with Crippen LogP contribution < -0.4 is 5.23 Å². The van der Waals surface area contributed by atoms with Gasteiger partial charge in [-0.05, 0) is 20.3 Å². The largest absolute Gasteiger partial charge is 0.362 e. The van der Waals surface area contributed by atoms with Crippen molar-refractivity contribution in [3.8, 4) is 0 Å². The standard InChI is InChI=1S/C5H12BN/c1-4-5(2,3)7-6/h7H,4H2,1-3H3. The van der Waals surface area contributed by atoms with Gasteiger partial charge in [-0.3, -0.25) is 0 Å².